The number of carbonyl (C=O) groups is 1. The van der Waals surface area contributed by atoms with Gasteiger partial charge >= 0.3 is 5.69 Å². The van der Waals surface area contributed by atoms with Crippen LogP contribution < -0.4 is 11.0 Å². The number of nitrogens with one attached hydrogen (secondary N) is 1. The van der Waals surface area contributed by atoms with E-state index in [1.54, 1.807) is 40.2 Å². The highest BCUT2D eigenvalue weighted by Gasteiger charge is 2.19. The summed E-state index contributed by atoms with van der Waals surface area (Å²) in [6.45, 7) is 2.59. The molecule has 7 heteroatoms. The van der Waals surface area contributed by atoms with Gasteiger partial charge in [-0.3, -0.25) is 18.6 Å². The number of carbonyl (C=O) groups excluding carboxylic acids is 1. The van der Waals surface area contributed by atoms with Gasteiger partial charge in [0.1, 0.15) is 5.69 Å². The smallest absolute Gasteiger partial charge is 0.322 e. The van der Waals surface area contributed by atoms with E-state index in [1.807, 2.05) is 73.7 Å². The van der Waals surface area contributed by atoms with E-state index in [9.17, 15) is 9.59 Å². The monoisotopic (exact) mass is 451 g/mol. The van der Waals surface area contributed by atoms with Crippen molar-refractivity contribution in [1.82, 2.24) is 18.9 Å². The van der Waals surface area contributed by atoms with Gasteiger partial charge in [-0.25, -0.2) is 4.79 Å². The largest absolute Gasteiger partial charge is 0.328 e. The molecule has 5 aromatic rings. The molecule has 170 valence electrons. The fourth-order valence-corrected chi connectivity index (χ4v) is 4.15. The van der Waals surface area contributed by atoms with Crippen LogP contribution in [-0.4, -0.2) is 24.8 Å². The van der Waals surface area contributed by atoms with Crippen molar-refractivity contribution in [2.75, 3.05) is 5.32 Å². The standard InChI is InChI=1S/C27H25N5O2/c1-18-9-11-20(12-10-18)25-22(17-32(29-25)16-19-7-5-4-6-8-19)26(33)28-21-13-14-23-24(15-21)31(3)27(34)30(23)2/h4-15,17H,16H2,1-3H3,(H,28,33). The Bertz CT molecular complexity index is 1560. The third kappa shape index (κ3) is 3.92. The van der Waals surface area contributed by atoms with E-state index in [4.69, 9.17) is 5.10 Å². The van der Waals surface area contributed by atoms with Gasteiger partial charge in [0.25, 0.3) is 5.91 Å². The minimum absolute atomic E-state index is 0.109. The average Bonchev–Trinajstić information content (AvgIpc) is 3.35. The summed E-state index contributed by atoms with van der Waals surface area (Å²) < 4.78 is 4.95. The molecule has 0 bridgehead atoms. The molecule has 0 saturated carbocycles. The number of aryl methyl sites for hydroxylation is 3. The fourth-order valence-electron chi connectivity index (χ4n) is 4.15. The molecule has 0 spiro atoms. The van der Waals surface area contributed by atoms with E-state index in [2.05, 4.69) is 5.32 Å². The second kappa shape index (κ2) is 8.51. The van der Waals surface area contributed by atoms with Crippen molar-refractivity contribution in [2.45, 2.75) is 13.5 Å². The number of aromatic nitrogens is 4. The van der Waals surface area contributed by atoms with Crippen molar-refractivity contribution >= 4 is 22.6 Å². The predicted molar refractivity (Wildman–Crippen MR) is 134 cm³/mol. The third-order valence-corrected chi connectivity index (χ3v) is 6.05. The lowest BCUT2D eigenvalue weighted by atomic mass is 10.1. The number of benzene rings is 3. The van der Waals surface area contributed by atoms with Crippen molar-refractivity contribution in [1.29, 1.82) is 0 Å². The topological polar surface area (TPSA) is 73.8 Å². The molecule has 0 aliphatic carbocycles. The summed E-state index contributed by atoms with van der Waals surface area (Å²) in [6, 6.07) is 23.5. The molecule has 34 heavy (non-hydrogen) atoms. The number of hydrogen-bond acceptors (Lipinski definition) is 3. The summed E-state index contributed by atoms with van der Waals surface area (Å²) in [4.78, 5) is 25.6. The second-order valence-electron chi connectivity index (χ2n) is 8.50. The molecule has 0 saturated heterocycles. The summed E-state index contributed by atoms with van der Waals surface area (Å²) in [5, 5.41) is 7.74. The zero-order valence-electron chi connectivity index (χ0n) is 19.3. The van der Waals surface area contributed by atoms with Crippen LogP contribution in [0.4, 0.5) is 5.69 Å². The van der Waals surface area contributed by atoms with E-state index < -0.39 is 0 Å². The number of fused-ring (bicyclic) bond motifs is 1. The molecule has 0 aliphatic heterocycles. The lowest BCUT2D eigenvalue weighted by Crippen LogP contribution is -2.19. The number of nitrogens with zero attached hydrogens (tertiary/aromatic N) is 4. The zero-order valence-corrected chi connectivity index (χ0v) is 19.3. The van der Waals surface area contributed by atoms with Crippen LogP contribution in [-0.2, 0) is 20.6 Å². The Morgan fingerprint density at radius 2 is 1.62 bits per heavy atom. The van der Waals surface area contributed by atoms with Gasteiger partial charge in [-0.1, -0.05) is 60.2 Å². The number of anilines is 1. The molecule has 0 unspecified atom stereocenters. The van der Waals surface area contributed by atoms with Gasteiger partial charge in [-0.2, -0.15) is 5.10 Å². The molecule has 2 heterocycles. The Morgan fingerprint density at radius 1 is 0.912 bits per heavy atom. The normalized spacial score (nSPS) is 11.1. The highest BCUT2D eigenvalue weighted by atomic mass is 16.2. The molecule has 0 aliphatic rings. The van der Waals surface area contributed by atoms with E-state index >= 15 is 0 Å². The zero-order chi connectivity index (χ0) is 23.8. The highest BCUT2D eigenvalue weighted by Crippen LogP contribution is 2.25. The van der Waals surface area contributed by atoms with Crippen LogP contribution in [0.15, 0.2) is 83.8 Å². The Hall–Kier alpha value is -4.39. The van der Waals surface area contributed by atoms with Crippen LogP contribution in [0.1, 0.15) is 21.5 Å². The molecule has 2 aromatic heterocycles. The summed E-state index contributed by atoms with van der Waals surface area (Å²) in [6.07, 6.45) is 1.79. The quantitative estimate of drug-likeness (QED) is 0.432. The number of imidazole rings is 1. The van der Waals surface area contributed by atoms with Crippen LogP contribution in [0, 0.1) is 6.92 Å². The van der Waals surface area contributed by atoms with Gasteiger partial charge < -0.3 is 5.32 Å². The van der Waals surface area contributed by atoms with Crippen LogP contribution >= 0.6 is 0 Å². The number of hydrogen-bond donors (Lipinski definition) is 1. The second-order valence-corrected chi connectivity index (χ2v) is 8.50. The molecule has 0 atom stereocenters. The van der Waals surface area contributed by atoms with E-state index in [0.717, 1.165) is 27.7 Å². The fraction of sp³-hybridized carbons (Fsp3) is 0.148. The minimum Gasteiger partial charge on any atom is -0.322 e. The summed E-state index contributed by atoms with van der Waals surface area (Å²) >= 11 is 0. The SMILES string of the molecule is Cc1ccc(-c2nn(Cc3ccccc3)cc2C(=O)Nc2ccc3c(c2)n(C)c(=O)n3C)cc1. The van der Waals surface area contributed by atoms with Crippen LogP contribution in [0.25, 0.3) is 22.3 Å². The molecule has 7 nitrogen and oxygen atoms in total. The molecule has 1 N–H and O–H groups in total. The minimum atomic E-state index is -0.254. The molecule has 0 fully saturated rings. The third-order valence-electron chi connectivity index (χ3n) is 6.05. The summed E-state index contributed by atoms with van der Waals surface area (Å²) in [5.41, 5.74) is 6.30. The number of rotatable bonds is 5. The Morgan fingerprint density at radius 3 is 2.35 bits per heavy atom. The van der Waals surface area contributed by atoms with Crippen LogP contribution in [0.5, 0.6) is 0 Å². The maximum atomic E-state index is 13.4. The van der Waals surface area contributed by atoms with Crippen LogP contribution in [0.2, 0.25) is 0 Å². The lowest BCUT2D eigenvalue weighted by Gasteiger charge is -2.07. The highest BCUT2D eigenvalue weighted by molar-refractivity contribution is 6.08. The van der Waals surface area contributed by atoms with E-state index in [-0.39, 0.29) is 11.6 Å². The Kier molecular flexibility index (Phi) is 5.37. The number of amides is 1. The lowest BCUT2D eigenvalue weighted by molar-refractivity contribution is 0.102. The first kappa shape index (κ1) is 21.5. The first-order valence-corrected chi connectivity index (χ1v) is 11.1. The van der Waals surface area contributed by atoms with E-state index in [1.165, 1.54) is 0 Å². The maximum Gasteiger partial charge on any atom is 0.328 e. The van der Waals surface area contributed by atoms with E-state index in [0.29, 0.717) is 23.5 Å². The molecule has 3 aromatic carbocycles. The van der Waals surface area contributed by atoms with Crippen molar-refractivity contribution in [3.63, 3.8) is 0 Å². The summed E-state index contributed by atoms with van der Waals surface area (Å²) in [7, 11) is 3.46. The average molecular weight is 452 g/mol. The van der Waals surface area contributed by atoms with Gasteiger partial charge in [0.15, 0.2) is 0 Å². The van der Waals surface area contributed by atoms with Crippen molar-refractivity contribution < 1.29 is 4.79 Å². The molecule has 1 amide bonds. The first-order chi connectivity index (χ1) is 16.4. The van der Waals surface area contributed by atoms with Gasteiger partial charge in [0, 0.05) is 31.5 Å². The van der Waals surface area contributed by atoms with Gasteiger partial charge in [-0.05, 0) is 30.7 Å². The molecular weight excluding hydrogens is 426 g/mol. The molecule has 0 radical (unpaired) electrons. The maximum absolute atomic E-state index is 13.4. The van der Waals surface area contributed by atoms with Crippen molar-refractivity contribution in [3.8, 4) is 11.3 Å². The summed E-state index contributed by atoms with van der Waals surface area (Å²) in [5.74, 6) is -0.254. The Balaban J connectivity index is 1.51. The van der Waals surface area contributed by atoms with Gasteiger partial charge in [-0.15, -0.1) is 0 Å². The van der Waals surface area contributed by atoms with Crippen molar-refractivity contribution in [2.24, 2.45) is 14.1 Å². The van der Waals surface area contributed by atoms with Crippen LogP contribution in [0.3, 0.4) is 0 Å². The van der Waals surface area contributed by atoms with Crippen molar-refractivity contribution in [3.05, 3.63) is 106 Å². The van der Waals surface area contributed by atoms with Gasteiger partial charge in [0.2, 0.25) is 0 Å². The first-order valence-electron chi connectivity index (χ1n) is 11.1. The molecular formula is C27H25N5O2. The van der Waals surface area contributed by atoms with Gasteiger partial charge in [0.05, 0.1) is 23.1 Å². The Labute approximate surface area is 196 Å². The molecule has 5 rings (SSSR count). The predicted octanol–water partition coefficient (Wildman–Crippen LogP) is 4.35.